The van der Waals surface area contributed by atoms with Crippen molar-refractivity contribution >= 4 is 29.6 Å². The van der Waals surface area contributed by atoms with Crippen molar-refractivity contribution in [1.29, 1.82) is 0 Å². The van der Waals surface area contributed by atoms with Gasteiger partial charge < -0.3 is 0 Å². The molecule has 5 rings (SSSR count). The second kappa shape index (κ2) is 4.32. The molecular weight excluding hydrogens is 312 g/mol. The summed E-state index contributed by atoms with van der Waals surface area (Å²) in [5.41, 5.74) is 1.04. The summed E-state index contributed by atoms with van der Waals surface area (Å²) in [4.78, 5) is 25.4. The number of halogens is 1. The molecule has 4 aliphatic rings. The first-order valence-corrected chi connectivity index (χ1v) is 8.35. The van der Waals surface area contributed by atoms with Crippen LogP contribution in [0.1, 0.15) is 18.4 Å². The van der Waals surface area contributed by atoms with Crippen molar-refractivity contribution in [2.45, 2.75) is 12.8 Å². The molecule has 0 radical (unpaired) electrons. The number of amides is 2. The molecule has 1 aliphatic heterocycles. The minimum absolute atomic E-state index is 0.131. The third kappa shape index (κ3) is 1.65. The zero-order valence-electron chi connectivity index (χ0n) is 12.4. The SMILES string of the molecule is O=C1C2C(C(=O)N1N=Cc1ccc(Cl)cc1)C1C=CC2C12CC2. The summed E-state index contributed by atoms with van der Waals surface area (Å²) >= 11 is 5.85. The van der Waals surface area contributed by atoms with Crippen LogP contribution < -0.4 is 0 Å². The van der Waals surface area contributed by atoms with Gasteiger partial charge in [-0.15, -0.1) is 0 Å². The Morgan fingerprint density at radius 3 is 2.13 bits per heavy atom. The van der Waals surface area contributed by atoms with Gasteiger partial charge in [0.2, 0.25) is 0 Å². The summed E-state index contributed by atoms with van der Waals surface area (Å²) < 4.78 is 0. The summed E-state index contributed by atoms with van der Waals surface area (Å²) in [5.74, 6) is -0.166. The van der Waals surface area contributed by atoms with Crippen LogP contribution in [0.25, 0.3) is 0 Å². The van der Waals surface area contributed by atoms with E-state index in [9.17, 15) is 9.59 Å². The fraction of sp³-hybridized carbons (Fsp3) is 0.389. The van der Waals surface area contributed by atoms with Gasteiger partial charge in [-0.25, -0.2) is 0 Å². The van der Waals surface area contributed by atoms with Gasteiger partial charge in [-0.3, -0.25) is 9.59 Å². The van der Waals surface area contributed by atoms with Crippen LogP contribution in [0.2, 0.25) is 5.02 Å². The Kier molecular flexibility index (Phi) is 2.54. The fourth-order valence-corrected chi connectivity index (χ4v) is 4.98. The molecule has 4 unspecified atom stereocenters. The molecule has 3 fully saturated rings. The normalized spacial score (nSPS) is 35.8. The third-order valence-electron chi connectivity index (χ3n) is 6.02. The average molecular weight is 327 g/mol. The highest BCUT2D eigenvalue weighted by Gasteiger charge is 2.73. The van der Waals surface area contributed by atoms with Gasteiger partial charge in [0, 0.05) is 5.02 Å². The van der Waals surface area contributed by atoms with Crippen LogP contribution in [0.4, 0.5) is 0 Å². The molecule has 1 aromatic rings. The number of hydrogen-bond acceptors (Lipinski definition) is 3. The largest absolute Gasteiger partial charge is 0.272 e. The number of imide groups is 1. The van der Waals surface area contributed by atoms with E-state index in [0.717, 1.165) is 23.4 Å². The lowest BCUT2D eigenvalue weighted by Gasteiger charge is -2.18. The Morgan fingerprint density at radius 1 is 1.04 bits per heavy atom. The number of rotatable bonds is 2. The molecule has 3 aliphatic carbocycles. The van der Waals surface area contributed by atoms with Crippen molar-refractivity contribution < 1.29 is 9.59 Å². The van der Waals surface area contributed by atoms with Gasteiger partial charge >= 0.3 is 0 Å². The lowest BCUT2D eigenvalue weighted by molar-refractivity contribution is -0.141. The van der Waals surface area contributed by atoms with Crippen LogP contribution >= 0.6 is 11.6 Å². The molecule has 23 heavy (non-hydrogen) atoms. The van der Waals surface area contributed by atoms with Gasteiger partial charge in [-0.1, -0.05) is 35.9 Å². The average Bonchev–Trinajstić information content (AvgIpc) is 3.15. The Morgan fingerprint density at radius 2 is 1.61 bits per heavy atom. The van der Waals surface area contributed by atoms with E-state index in [4.69, 9.17) is 11.6 Å². The minimum Gasteiger partial charge on any atom is -0.272 e. The predicted molar refractivity (Wildman–Crippen MR) is 85.7 cm³/mol. The maximum absolute atomic E-state index is 12.7. The third-order valence-corrected chi connectivity index (χ3v) is 6.27. The number of hydrazone groups is 1. The quantitative estimate of drug-likeness (QED) is 0.476. The lowest BCUT2D eigenvalue weighted by atomic mass is 9.85. The molecule has 2 bridgehead atoms. The monoisotopic (exact) mass is 326 g/mol. The molecule has 0 N–H and O–H groups in total. The molecule has 1 saturated heterocycles. The van der Waals surface area contributed by atoms with Crippen LogP contribution in [-0.4, -0.2) is 23.0 Å². The molecule has 4 atom stereocenters. The summed E-state index contributed by atoms with van der Waals surface area (Å²) in [5, 5.41) is 5.90. The minimum atomic E-state index is -0.192. The summed E-state index contributed by atoms with van der Waals surface area (Å²) in [6.07, 6.45) is 8.18. The zero-order valence-corrected chi connectivity index (χ0v) is 13.1. The molecule has 2 amide bonds. The summed E-state index contributed by atoms with van der Waals surface area (Å²) in [6, 6.07) is 7.13. The van der Waals surface area contributed by atoms with Crippen molar-refractivity contribution in [3.8, 4) is 0 Å². The van der Waals surface area contributed by atoms with Crippen molar-refractivity contribution in [2.75, 3.05) is 0 Å². The van der Waals surface area contributed by atoms with Gasteiger partial charge in [-0.2, -0.15) is 10.1 Å². The maximum atomic E-state index is 12.7. The van der Waals surface area contributed by atoms with Gasteiger partial charge in [-0.05, 0) is 47.8 Å². The number of allylic oxidation sites excluding steroid dienone is 2. The molecule has 1 aromatic carbocycles. The topological polar surface area (TPSA) is 49.7 Å². The number of nitrogens with zero attached hydrogens (tertiary/aromatic N) is 2. The van der Waals surface area contributed by atoms with Gasteiger partial charge in [0.05, 0.1) is 18.1 Å². The highest BCUT2D eigenvalue weighted by Crippen LogP contribution is 2.73. The van der Waals surface area contributed by atoms with E-state index in [1.165, 1.54) is 0 Å². The van der Waals surface area contributed by atoms with Gasteiger partial charge in [0.25, 0.3) is 11.8 Å². The number of carbonyl (C=O) groups excluding carboxylic acids is 2. The van der Waals surface area contributed by atoms with Crippen molar-refractivity contribution in [1.82, 2.24) is 5.01 Å². The van der Waals surface area contributed by atoms with Crippen LogP contribution in [0, 0.1) is 29.1 Å². The van der Waals surface area contributed by atoms with Crippen molar-refractivity contribution in [3.05, 3.63) is 47.0 Å². The Balaban J connectivity index is 1.43. The van der Waals surface area contributed by atoms with E-state index in [-0.39, 0.29) is 40.9 Å². The van der Waals surface area contributed by atoms with Gasteiger partial charge in [0.15, 0.2) is 0 Å². The zero-order chi connectivity index (χ0) is 15.8. The standard InChI is InChI=1S/C18H15ClN2O2/c19-11-3-1-10(2-4-11)9-20-21-16(22)14-12-5-6-13(15(14)17(21)23)18(12)7-8-18/h1-6,9,12-15H,7-8H2. The number of carbonyl (C=O) groups is 2. The first-order chi connectivity index (χ1) is 11.1. The molecule has 2 saturated carbocycles. The van der Waals surface area contributed by atoms with Crippen LogP contribution in [-0.2, 0) is 9.59 Å². The number of hydrogen-bond donors (Lipinski definition) is 0. The molecule has 1 heterocycles. The maximum Gasteiger partial charge on any atom is 0.254 e. The number of fused-ring (bicyclic) bond motifs is 3. The molecule has 1 spiro atoms. The van der Waals surface area contributed by atoms with E-state index in [0.29, 0.717) is 5.02 Å². The van der Waals surface area contributed by atoms with Crippen LogP contribution in [0.15, 0.2) is 41.5 Å². The van der Waals surface area contributed by atoms with Crippen LogP contribution in [0.5, 0.6) is 0 Å². The molecule has 0 aromatic heterocycles. The predicted octanol–water partition coefficient (Wildman–Crippen LogP) is 2.87. The molecular formula is C18H15ClN2O2. The summed E-state index contributed by atoms with van der Waals surface area (Å²) in [7, 11) is 0. The first-order valence-electron chi connectivity index (χ1n) is 7.97. The summed E-state index contributed by atoms with van der Waals surface area (Å²) in [6.45, 7) is 0. The Bertz CT molecular complexity index is 745. The molecule has 4 nitrogen and oxygen atoms in total. The number of benzene rings is 1. The second-order valence-electron chi connectivity index (χ2n) is 7.01. The molecule has 116 valence electrons. The van der Waals surface area contributed by atoms with E-state index in [1.54, 1.807) is 18.3 Å². The van der Waals surface area contributed by atoms with E-state index < -0.39 is 0 Å². The highest BCUT2D eigenvalue weighted by atomic mass is 35.5. The lowest BCUT2D eigenvalue weighted by Crippen LogP contribution is -2.30. The Labute approximate surface area is 138 Å². The van der Waals surface area contributed by atoms with Gasteiger partial charge in [0.1, 0.15) is 0 Å². The van der Waals surface area contributed by atoms with Crippen molar-refractivity contribution in [2.24, 2.45) is 34.2 Å². The van der Waals surface area contributed by atoms with E-state index in [2.05, 4.69) is 17.3 Å². The smallest absolute Gasteiger partial charge is 0.254 e. The second-order valence-corrected chi connectivity index (χ2v) is 7.44. The van der Waals surface area contributed by atoms with E-state index >= 15 is 0 Å². The van der Waals surface area contributed by atoms with Crippen LogP contribution in [0.3, 0.4) is 0 Å². The van der Waals surface area contributed by atoms with E-state index in [1.807, 2.05) is 12.1 Å². The van der Waals surface area contributed by atoms with Crippen molar-refractivity contribution in [3.63, 3.8) is 0 Å². The molecule has 5 heteroatoms. The highest BCUT2D eigenvalue weighted by molar-refractivity contribution is 6.30. The fourth-order valence-electron chi connectivity index (χ4n) is 4.85. The Hall–Kier alpha value is -1.94. The first kappa shape index (κ1) is 13.5.